The summed E-state index contributed by atoms with van der Waals surface area (Å²) in [6.07, 6.45) is 0.980. The van der Waals surface area contributed by atoms with E-state index >= 15 is 0 Å². The zero-order valence-corrected chi connectivity index (χ0v) is 6.64. The van der Waals surface area contributed by atoms with Gasteiger partial charge in [-0.15, -0.1) is 0 Å². The molecule has 0 spiro atoms. The minimum Gasteiger partial charge on any atom is -0.382 e. The molecule has 0 aliphatic carbocycles. The second-order valence-electron chi connectivity index (χ2n) is 2.82. The van der Waals surface area contributed by atoms with Gasteiger partial charge in [-0.1, -0.05) is 0 Å². The zero-order chi connectivity index (χ0) is 7.45. The second kappa shape index (κ2) is 3.32. The third-order valence-corrected chi connectivity index (χ3v) is 1.74. The van der Waals surface area contributed by atoms with Crippen LogP contribution in [0.25, 0.3) is 0 Å². The third kappa shape index (κ3) is 1.94. The van der Waals surface area contributed by atoms with Crippen molar-refractivity contribution in [3.8, 4) is 0 Å². The molecule has 1 heterocycles. The highest BCUT2D eigenvalue weighted by Gasteiger charge is 2.32. The molecule has 0 saturated carbocycles. The van der Waals surface area contributed by atoms with E-state index in [-0.39, 0.29) is 5.60 Å². The molecule has 0 radical (unpaired) electrons. The molecule has 0 bridgehead atoms. The van der Waals surface area contributed by atoms with Crippen molar-refractivity contribution >= 4 is 0 Å². The summed E-state index contributed by atoms with van der Waals surface area (Å²) in [4.78, 5) is 5.13. The number of hydroxylamine groups is 1. The van der Waals surface area contributed by atoms with Crippen LogP contribution < -0.4 is 5.48 Å². The molecule has 1 atom stereocenters. The molecule has 1 rings (SSSR count). The van der Waals surface area contributed by atoms with Crippen molar-refractivity contribution < 1.29 is 9.57 Å². The number of nitrogens with one attached hydrogen (secondary N) is 1. The van der Waals surface area contributed by atoms with Crippen LogP contribution in [0, 0.1) is 0 Å². The van der Waals surface area contributed by atoms with Gasteiger partial charge in [0.05, 0.1) is 6.54 Å². The SMILES string of the molecule is CCOCCC1(C)CNO1. The minimum atomic E-state index is 0.0369. The fourth-order valence-electron chi connectivity index (χ4n) is 0.890. The molecular formula is C7H15NO2. The van der Waals surface area contributed by atoms with E-state index in [1.807, 2.05) is 6.92 Å². The van der Waals surface area contributed by atoms with Crippen molar-refractivity contribution in [2.45, 2.75) is 25.9 Å². The number of ether oxygens (including phenoxy) is 1. The highest BCUT2D eigenvalue weighted by molar-refractivity contribution is 4.81. The Morgan fingerprint density at radius 2 is 2.40 bits per heavy atom. The van der Waals surface area contributed by atoms with E-state index in [1.54, 1.807) is 0 Å². The summed E-state index contributed by atoms with van der Waals surface area (Å²) < 4.78 is 5.20. The molecule has 3 nitrogen and oxygen atoms in total. The van der Waals surface area contributed by atoms with E-state index in [0.29, 0.717) is 0 Å². The molecular weight excluding hydrogens is 130 g/mol. The third-order valence-electron chi connectivity index (χ3n) is 1.74. The smallest absolute Gasteiger partial charge is 0.104 e. The first-order valence-electron chi connectivity index (χ1n) is 3.75. The number of hydrogen-bond donors (Lipinski definition) is 1. The van der Waals surface area contributed by atoms with Crippen LogP contribution in [0.15, 0.2) is 0 Å². The molecule has 1 unspecified atom stereocenters. The van der Waals surface area contributed by atoms with Gasteiger partial charge in [-0.3, -0.25) is 4.84 Å². The molecule has 3 heteroatoms. The predicted octanol–water partition coefficient (Wildman–Crippen LogP) is 0.707. The van der Waals surface area contributed by atoms with Gasteiger partial charge in [-0.25, -0.2) is 0 Å². The quantitative estimate of drug-likeness (QED) is 0.591. The van der Waals surface area contributed by atoms with Crippen LogP contribution in [0.4, 0.5) is 0 Å². The maximum atomic E-state index is 5.20. The average molecular weight is 145 g/mol. The summed E-state index contributed by atoms with van der Waals surface area (Å²) in [6, 6.07) is 0. The van der Waals surface area contributed by atoms with Gasteiger partial charge in [0.2, 0.25) is 0 Å². The Hall–Kier alpha value is -0.120. The van der Waals surface area contributed by atoms with Gasteiger partial charge in [-0.2, -0.15) is 5.48 Å². The fraction of sp³-hybridized carbons (Fsp3) is 1.00. The summed E-state index contributed by atoms with van der Waals surface area (Å²) in [5, 5.41) is 0. The van der Waals surface area contributed by atoms with E-state index < -0.39 is 0 Å². The Labute approximate surface area is 61.7 Å². The van der Waals surface area contributed by atoms with Crippen LogP contribution in [0.2, 0.25) is 0 Å². The van der Waals surface area contributed by atoms with Crippen LogP contribution in [0.1, 0.15) is 20.3 Å². The highest BCUT2D eigenvalue weighted by Crippen LogP contribution is 2.19. The lowest BCUT2D eigenvalue weighted by atomic mass is 10.0. The first-order chi connectivity index (χ1) is 4.77. The molecule has 0 aromatic rings. The molecule has 1 aliphatic heterocycles. The molecule has 1 aliphatic rings. The van der Waals surface area contributed by atoms with Gasteiger partial charge >= 0.3 is 0 Å². The normalized spacial score (nSPS) is 31.8. The van der Waals surface area contributed by atoms with Gasteiger partial charge in [0.15, 0.2) is 0 Å². The van der Waals surface area contributed by atoms with Gasteiger partial charge in [0, 0.05) is 19.6 Å². The number of hydrogen-bond acceptors (Lipinski definition) is 3. The van der Waals surface area contributed by atoms with Crippen molar-refractivity contribution in [1.29, 1.82) is 0 Å². The molecule has 60 valence electrons. The van der Waals surface area contributed by atoms with E-state index in [1.165, 1.54) is 0 Å². The van der Waals surface area contributed by atoms with Crippen molar-refractivity contribution in [1.82, 2.24) is 5.48 Å². The van der Waals surface area contributed by atoms with Crippen LogP contribution in [-0.4, -0.2) is 25.4 Å². The van der Waals surface area contributed by atoms with Crippen LogP contribution in [0.5, 0.6) is 0 Å². The Morgan fingerprint density at radius 3 is 2.80 bits per heavy atom. The Bertz CT molecular complexity index is 102. The maximum Gasteiger partial charge on any atom is 0.104 e. The van der Waals surface area contributed by atoms with Gasteiger partial charge < -0.3 is 4.74 Å². The summed E-state index contributed by atoms with van der Waals surface area (Å²) in [7, 11) is 0. The molecule has 1 N–H and O–H groups in total. The lowest BCUT2D eigenvalue weighted by Gasteiger charge is -2.38. The molecule has 0 aromatic carbocycles. The van der Waals surface area contributed by atoms with E-state index in [2.05, 4.69) is 12.4 Å². The zero-order valence-electron chi connectivity index (χ0n) is 6.64. The Morgan fingerprint density at radius 1 is 1.70 bits per heavy atom. The summed E-state index contributed by atoms with van der Waals surface area (Å²) in [5.41, 5.74) is 2.81. The Balaban J connectivity index is 2.01. The number of rotatable bonds is 4. The van der Waals surface area contributed by atoms with Crippen LogP contribution >= 0.6 is 0 Å². The molecule has 1 fully saturated rings. The standard InChI is InChI=1S/C7H15NO2/c1-3-9-5-4-7(2)6-8-10-7/h8H,3-6H2,1-2H3. The van der Waals surface area contributed by atoms with Gasteiger partial charge in [0.1, 0.15) is 5.60 Å². The summed E-state index contributed by atoms with van der Waals surface area (Å²) >= 11 is 0. The largest absolute Gasteiger partial charge is 0.382 e. The molecule has 0 amide bonds. The van der Waals surface area contributed by atoms with E-state index in [9.17, 15) is 0 Å². The minimum absolute atomic E-state index is 0.0369. The van der Waals surface area contributed by atoms with Crippen molar-refractivity contribution in [2.75, 3.05) is 19.8 Å². The second-order valence-corrected chi connectivity index (χ2v) is 2.82. The molecule has 0 aromatic heterocycles. The van der Waals surface area contributed by atoms with Crippen molar-refractivity contribution in [3.05, 3.63) is 0 Å². The molecule has 10 heavy (non-hydrogen) atoms. The summed E-state index contributed by atoms with van der Waals surface area (Å²) in [5.74, 6) is 0. The van der Waals surface area contributed by atoms with Crippen molar-refractivity contribution in [3.63, 3.8) is 0 Å². The average Bonchev–Trinajstić information content (AvgIpc) is 1.85. The van der Waals surface area contributed by atoms with E-state index in [0.717, 1.165) is 26.2 Å². The predicted molar refractivity (Wildman–Crippen MR) is 38.6 cm³/mol. The Kier molecular flexibility index (Phi) is 2.65. The molecule has 1 saturated heterocycles. The maximum absolute atomic E-state index is 5.20. The summed E-state index contributed by atoms with van der Waals surface area (Å²) in [6.45, 7) is 6.63. The topological polar surface area (TPSA) is 30.5 Å². The highest BCUT2D eigenvalue weighted by atomic mass is 16.7. The first-order valence-corrected chi connectivity index (χ1v) is 3.75. The fourth-order valence-corrected chi connectivity index (χ4v) is 0.890. The lowest BCUT2D eigenvalue weighted by Crippen LogP contribution is -2.55. The van der Waals surface area contributed by atoms with Gasteiger partial charge in [0.25, 0.3) is 0 Å². The monoisotopic (exact) mass is 145 g/mol. The van der Waals surface area contributed by atoms with Gasteiger partial charge in [-0.05, 0) is 13.8 Å². The lowest BCUT2D eigenvalue weighted by molar-refractivity contribution is -0.201. The van der Waals surface area contributed by atoms with Crippen LogP contribution in [0.3, 0.4) is 0 Å². The first kappa shape index (κ1) is 7.98. The van der Waals surface area contributed by atoms with E-state index in [4.69, 9.17) is 9.57 Å². The van der Waals surface area contributed by atoms with Crippen molar-refractivity contribution in [2.24, 2.45) is 0 Å². The van der Waals surface area contributed by atoms with Crippen LogP contribution in [-0.2, 0) is 9.57 Å².